The minimum Gasteiger partial charge on any atom is -0.508 e. The van der Waals surface area contributed by atoms with Gasteiger partial charge in [0, 0.05) is 17.7 Å². The molecule has 0 aliphatic carbocycles. The van der Waals surface area contributed by atoms with Crippen LogP contribution in [0.25, 0.3) is 0 Å². The number of fused-ring (bicyclic) bond motifs is 1. The lowest BCUT2D eigenvalue weighted by molar-refractivity contribution is 0.119. The Morgan fingerprint density at radius 1 is 0.667 bits per heavy atom. The lowest BCUT2D eigenvalue weighted by Gasteiger charge is -2.30. The van der Waals surface area contributed by atoms with Gasteiger partial charge in [0.2, 0.25) is 0 Å². The van der Waals surface area contributed by atoms with Crippen molar-refractivity contribution in [1.29, 1.82) is 0 Å². The number of nitrogens with zero attached hydrogens (tertiary/aromatic N) is 1. The van der Waals surface area contributed by atoms with E-state index < -0.39 is 0 Å². The van der Waals surface area contributed by atoms with Gasteiger partial charge in [0.1, 0.15) is 18.2 Å². The molecule has 1 aliphatic heterocycles. The molecule has 0 bridgehead atoms. The van der Waals surface area contributed by atoms with Crippen LogP contribution >= 0.6 is 0 Å². The Morgan fingerprint density at radius 3 is 1.61 bits per heavy atom. The highest BCUT2D eigenvalue weighted by atomic mass is 16.5. The summed E-state index contributed by atoms with van der Waals surface area (Å²) in [5.41, 5.74) is 3.62. The number of phenolic OH excluding ortho intramolecular Hbond substituents is 1. The van der Waals surface area contributed by atoms with E-state index in [1.54, 1.807) is 0 Å². The zero-order valence-electron chi connectivity index (χ0n) is 24.4. The van der Waals surface area contributed by atoms with Crippen molar-refractivity contribution in [2.24, 2.45) is 0 Å². The molecule has 1 N–H and O–H groups in total. The van der Waals surface area contributed by atoms with Crippen molar-refractivity contribution in [3.63, 3.8) is 0 Å². The average molecular weight is 502 g/mol. The minimum atomic E-state index is 0.505. The highest BCUT2D eigenvalue weighted by molar-refractivity contribution is 5.54. The van der Waals surface area contributed by atoms with E-state index in [-0.39, 0.29) is 0 Å². The molecule has 2 rings (SSSR count). The number of rotatable bonds is 22. The van der Waals surface area contributed by atoms with Crippen LogP contribution in [0.2, 0.25) is 0 Å². The third-order valence-corrected chi connectivity index (χ3v) is 7.99. The number of ether oxygens (including phenoxy) is 1. The molecule has 1 heterocycles. The summed E-state index contributed by atoms with van der Waals surface area (Å²) in [6, 6.07) is 2.03. The topological polar surface area (TPSA) is 32.7 Å². The molecular weight excluding hydrogens is 442 g/mol. The van der Waals surface area contributed by atoms with E-state index in [0.29, 0.717) is 12.5 Å². The standard InChI is InChI=1S/C33H59NO2/c1-4-6-8-10-12-14-16-18-20-22-24-29-26-32(35)30(31-27-34(3)28-36-33(29)31)25-23-21-19-17-15-13-11-9-7-5-2/h26,35H,4-25,27-28H2,1-3H3. The summed E-state index contributed by atoms with van der Waals surface area (Å²) >= 11 is 0. The highest BCUT2D eigenvalue weighted by Crippen LogP contribution is 2.38. The summed E-state index contributed by atoms with van der Waals surface area (Å²) in [6.07, 6.45) is 29.0. The van der Waals surface area contributed by atoms with E-state index in [4.69, 9.17) is 4.74 Å². The molecule has 0 fully saturated rings. The van der Waals surface area contributed by atoms with E-state index in [9.17, 15) is 5.11 Å². The first-order valence-electron chi connectivity index (χ1n) is 15.8. The van der Waals surface area contributed by atoms with Gasteiger partial charge in [-0.1, -0.05) is 129 Å². The molecule has 1 aliphatic rings. The smallest absolute Gasteiger partial charge is 0.142 e. The van der Waals surface area contributed by atoms with Crippen molar-refractivity contribution < 1.29 is 9.84 Å². The van der Waals surface area contributed by atoms with Gasteiger partial charge in [-0.15, -0.1) is 0 Å². The summed E-state index contributed by atoms with van der Waals surface area (Å²) in [5.74, 6) is 1.59. The van der Waals surface area contributed by atoms with Crippen LogP contribution in [0, 0.1) is 0 Å². The molecule has 0 saturated heterocycles. The van der Waals surface area contributed by atoms with Gasteiger partial charge in [-0.25, -0.2) is 0 Å². The van der Waals surface area contributed by atoms with Crippen LogP contribution in [-0.4, -0.2) is 23.8 Å². The van der Waals surface area contributed by atoms with Crippen molar-refractivity contribution >= 4 is 0 Å². The number of aryl methyl sites for hydroxylation is 1. The summed E-state index contributed by atoms with van der Waals surface area (Å²) in [6.45, 7) is 6.11. The van der Waals surface area contributed by atoms with E-state index in [0.717, 1.165) is 37.1 Å². The van der Waals surface area contributed by atoms with Crippen LogP contribution in [0.1, 0.15) is 159 Å². The van der Waals surface area contributed by atoms with Crippen LogP contribution < -0.4 is 4.74 Å². The molecule has 0 radical (unpaired) electrons. The van der Waals surface area contributed by atoms with Crippen LogP contribution in [0.4, 0.5) is 0 Å². The Morgan fingerprint density at radius 2 is 1.11 bits per heavy atom. The molecule has 0 aromatic heterocycles. The van der Waals surface area contributed by atoms with Gasteiger partial charge in [0.25, 0.3) is 0 Å². The Kier molecular flexibility index (Phi) is 17.1. The molecule has 0 amide bonds. The molecule has 0 atom stereocenters. The SMILES string of the molecule is CCCCCCCCCCCCc1cc(O)c(CCCCCCCCCCCC)c2c1OCN(C)C2. The van der Waals surface area contributed by atoms with Crippen molar-refractivity contribution in [2.75, 3.05) is 13.8 Å². The van der Waals surface area contributed by atoms with Gasteiger partial charge in [0.15, 0.2) is 0 Å². The van der Waals surface area contributed by atoms with Crippen molar-refractivity contribution in [3.05, 3.63) is 22.8 Å². The van der Waals surface area contributed by atoms with Crippen LogP contribution in [0.3, 0.4) is 0 Å². The van der Waals surface area contributed by atoms with Gasteiger partial charge < -0.3 is 9.84 Å². The molecule has 1 aromatic carbocycles. The number of unbranched alkanes of at least 4 members (excludes halogenated alkanes) is 18. The van der Waals surface area contributed by atoms with Gasteiger partial charge in [-0.05, 0) is 44.4 Å². The first-order valence-corrected chi connectivity index (χ1v) is 15.8. The predicted octanol–water partition coefficient (Wildman–Crippen LogP) is 10.1. The Labute approximate surface area is 224 Å². The Hall–Kier alpha value is -1.22. The fourth-order valence-corrected chi connectivity index (χ4v) is 5.70. The molecular formula is C33H59NO2. The maximum absolute atomic E-state index is 11.0. The molecule has 208 valence electrons. The molecule has 3 heteroatoms. The summed E-state index contributed by atoms with van der Waals surface area (Å²) in [7, 11) is 2.11. The number of phenols is 1. The predicted molar refractivity (Wildman–Crippen MR) is 156 cm³/mol. The normalized spacial score (nSPS) is 13.6. The molecule has 0 spiro atoms. The largest absolute Gasteiger partial charge is 0.508 e. The van der Waals surface area contributed by atoms with Gasteiger partial charge in [-0.3, -0.25) is 4.90 Å². The minimum absolute atomic E-state index is 0.505. The molecule has 1 aromatic rings. The maximum atomic E-state index is 11.0. The maximum Gasteiger partial charge on any atom is 0.142 e. The first-order chi connectivity index (χ1) is 17.7. The van der Waals surface area contributed by atoms with Gasteiger partial charge in [0.05, 0.1) is 0 Å². The monoisotopic (exact) mass is 501 g/mol. The molecule has 0 unspecified atom stereocenters. The average Bonchev–Trinajstić information content (AvgIpc) is 2.87. The fourth-order valence-electron chi connectivity index (χ4n) is 5.70. The van der Waals surface area contributed by atoms with Gasteiger partial charge >= 0.3 is 0 Å². The zero-order chi connectivity index (χ0) is 25.8. The summed E-state index contributed by atoms with van der Waals surface area (Å²) in [4.78, 5) is 2.22. The number of hydrogen-bond acceptors (Lipinski definition) is 3. The first kappa shape index (κ1) is 31.0. The number of aromatic hydroxyl groups is 1. The zero-order valence-corrected chi connectivity index (χ0v) is 24.4. The fraction of sp³-hybridized carbons (Fsp3) is 0.818. The molecule has 0 saturated carbocycles. The summed E-state index contributed by atoms with van der Waals surface area (Å²) in [5, 5.41) is 11.0. The van der Waals surface area contributed by atoms with Crippen molar-refractivity contribution in [2.45, 2.75) is 162 Å². The van der Waals surface area contributed by atoms with Crippen LogP contribution in [0.15, 0.2) is 6.07 Å². The van der Waals surface area contributed by atoms with Gasteiger partial charge in [-0.2, -0.15) is 0 Å². The highest BCUT2D eigenvalue weighted by Gasteiger charge is 2.23. The van der Waals surface area contributed by atoms with Crippen molar-refractivity contribution in [1.82, 2.24) is 4.90 Å². The number of benzene rings is 1. The molecule has 36 heavy (non-hydrogen) atoms. The lowest BCUT2D eigenvalue weighted by atomic mass is 9.93. The quantitative estimate of drug-likeness (QED) is 0.160. The van der Waals surface area contributed by atoms with Crippen LogP contribution in [0.5, 0.6) is 11.5 Å². The third-order valence-electron chi connectivity index (χ3n) is 7.99. The van der Waals surface area contributed by atoms with Crippen molar-refractivity contribution in [3.8, 4) is 11.5 Å². The van der Waals surface area contributed by atoms with Crippen LogP contribution in [-0.2, 0) is 19.4 Å². The second-order valence-corrected chi connectivity index (χ2v) is 11.5. The number of hydrogen-bond donors (Lipinski definition) is 1. The van der Waals surface area contributed by atoms with E-state index >= 15 is 0 Å². The summed E-state index contributed by atoms with van der Waals surface area (Å²) < 4.78 is 6.22. The van der Waals surface area contributed by atoms with E-state index in [2.05, 4.69) is 25.8 Å². The van der Waals surface area contributed by atoms with E-state index in [1.807, 2.05) is 6.07 Å². The van der Waals surface area contributed by atoms with E-state index in [1.165, 1.54) is 133 Å². The third kappa shape index (κ3) is 12.3. The Bertz CT molecular complexity index is 687. The molecule has 3 nitrogen and oxygen atoms in total. The lowest BCUT2D eigenvalue weighted by Crippen LogP contribution is -2.29. The second kappa shape index (κ2) is 19.8. The Balaban J connectivity index is 1.73. The second-order valence-electron chi connectivity index (χ2n) is 11.5.